The van der Waals surface area contributed by atoms with Crippen LogP contribution in [0.3, 0.4) is 0 Å². The second-order valence-corrected chi connectivity index (χ2v) is 6.80. The first kappa shape index (κ1) is 14.4. The van der Waals surface area contributed by atoms with E-state index < -0.39 is 11.9 Å². The van der Waals surface area contributed by atoms with E-state index >= 15 is 0 Å². The minimum absolute atomic E-state index is 0.0420. The van der Waals surface area contributed by atoms with Gasteiger partial charge >= 0.3 is 5.97 Å². The Bertz CT molecular complexity index is 727. The number of carbonyl (C=O) groups excluding carboxylic acids is 1. The van der Waals surface area contributed by atoms with Gasteiger partial charge in [-0.2, -0.15) is 0 Å². The highest BCUT2D eigenvalue weighted by atomic mass is 35.5. The van der Waals surface area contributed by atoms with Crippen molar-refractivity contribution in [2.45, 2.75) is 6.92 Å². The van der Waals surface area contributed by atoms with Crippen molar-refractivity contribution in [1.29, 1.82) is 0 Å². The van der Waals surface area contributed by atoms with E-state index in [1.165, 1.54) is 11.3 Å². The molecule has 0 aliphatic carbocycles. The number of carboxylic acids is 1. The summed E-state index contributed by atoms with van der Waals surface area (Å²) in [7, 11) is 0. The predicted molar refractivity (Wildman–Crippen MR) is 83.0 cm³/mol. The molecule has 2 aromatic rings. The standard InChI is InChI=1S/C15H14ClNO3S/c1-8-6-17(7-10(8)15(19)20)14(18)13-12(16)9-4-2-3-5-11(9)21-13/h2-5,8,10H,6-7H2,1H3,(H,19,20). The summed E-state index contributed by atoms with van der Waals surface area (Å²) < 4.78 is 0.966. The van der Waals surface area contributed by atoms with Crippen LogP contribution in [0.4, 0.5) is 0 Å². The van der Waals surface area contributed by atoms with E-state index in [0.717, 1.165) is 10.1 Å². The zero-order valence-electron chi connectivity index (χ0n) is 11.4. The number of thiophene rings is 1. The summed E-state index contributed by atoms with van der Waals surface area (Å²) >= 11 is 7.67. The van der Waals surface area contributed by atoms with Gasteiger partial charge in [-0.15, -0.1) is 11.3 Å². The lowest BCUT2D eigenvalue weighted by molar-refractivity contribution is -0.142. The van der Waals surface area contributed by atoms with Crippen molar-refractivity contribution in [1.82, 2.24) is 4.90 Å². The lowest BCUT2D eigenvalue weighted by Crippen LogP contribution is -2.29. The number of amides is 1. The molecule has 1 aromatic carbocycles. The molecule has 0 bridgehead atoms. The fourth-order valence-corrected chi connectivity index (χ4v) is 4.23. The molecule has 1 saturated heterocycles. The van der Waals surface area contributed by atoms with E-state index in [0.29, 0.717) is 16.4 Å². The van der Waals surface area contributed by atoms with E-state index in [2.05, 4.69) is 0 Å². The number of benzene rings is 1. The summed E-state index contributed by atoms with van der Waals surface area (Å²) in [4.78, 5) is 25.9. The van der Waals surface area contributed by atoms with Gasteiger partial charge in [0.05, 0.1) is 10.9 Å². The second-order valence-electron chi connectivity index (χ2n) is 5.37. The Balaban J connectivity index is 1.91. The van der Waals surface area contributed by atoms with Crippen LogP contribution in [0.15, 0.2) is 24.3 Å². The molecule has 0 saturated carbocycles. The molecule has 1 aliphatic rings. The van der Waals surface area contributed by atoms with E-state index in [9.17, 15) is 9.59 Å². The molecule has 110 valence electrons. The Hall–Kier alpha value is -1.59. The zero-order chi connectivity index (χ0) is 15.1. The Kier molecular flexibility index (Phi) is 3.63. The average Bonchev–Trinajstić information content (AvgIpc) is 3.00. The van der Waals surface area contributed by atoms with Gasteiger partial charge in [-0.3, -0.25) is 9.59 Å². The van der Waals surface area contributed by atoms with Gasteiger partial charge in [0.1, 0.15) is 4.88 Å². The molecule has 2 heterocycles. The number of carboxylic acid groups (broad SMARTS) is 1. The van der Waals surface area contributed by atoms with E-state index in [1.807, 2.05) is 31.2 Å². The van der Waals surface area contributed by atoms with Gasteiger partial charge in [0.25, 0.3) is 5.91 Å². The molecule has 1 amide bonds. The molecule has 21 heavy (non-hydrogen) atoms. The molecule has 1 aliphatic heterocycles. The molecule has 3 rings (SSSR count). The van der Waals surface area contributed by atoms with Crippen molar-refractivity contribution in [3.63, 3.8) is 0 Å². The number of aliphatic carboxylic acids is 1. The fraction of sp³-hybridized carbons (Fsp3) is 0.333. The van der Waals surface area contributed by atoms with Gasteiger partial charge in [-0.05, 0) is 12.0 Å². The predicted octanol–water partition coefficient (Wildman–Crippen LogP) is 3.35. The van der Waals surface area contributed by atoms with Gasteiger partial charge < -0.3 is 10.0 Å². The summed E-state index contributed by atoms with van der Waals surface area (Å²) in [5.41, 5.74) is 0. The van der Waals surface area contributed by atoms with Gasteiger partial charge in [-0.25, -0.2) is 0 Å². The van der Waals surface area contributed by atoms with Crippen molar-refractivity contribution in [2.24, 2.45) is 11.8 Å². The number of nitrogens with zero attached hydrogens (tertiary/aromatic N) is 1. The maximum atomic E-state index is 12.6. The maximum Gasteiger partial charge on any atom is 0.308 e. The van der Waals surface area contributed by atoms with Crippen LogP contribution in [-0.2, 0) is 4.79 Å². The third-order valence-corrected chi connectivity index (χ3v) is 5.61. The topological polar surface area (TPSA) is 57.6 Å². The Morgan fingerprint density at radius 1 is 1.33 bits per heavy atom. The normalized spacial score (nSPS) is 21.9. The lowest BCUT2D eigenvalue weighted by atomic mass is 9.99. The van der Waals surface area contributed by atoms with Crippen LogP contribution in [0.5, 0.6) is 0 Å². The molecule has 2 atom stereocenters. The number of hydrogen-bond donors (Lipinski definition) is 1. The van der Waals surface area contributed by atoms with E-state index in [1.54, 1.807) is 4.90 Å². The SMILES string of the molecule is CC1CN(C(=O)c2sc3ccccc3c2Cl)CC1C(=O)O. The first-order valence-corrected chi connectivity index (χ1v) is 7.87. The van der Waals surface area contributed by atoms with Crippen LogP contribution in [0.1, 0.15) is 16.6 Å². The summed E-state index contributed by atoms with van der Waals surface area (Å²) in [5, 5.41) is 10.5. The second kappa shape index (κ2) is 5.31. The van der Waals surface area contributed by atoms with Crippen LogP contribution >= 0.6 is 22.9 Å². The molecular formula is C15H14ClNO3S. The number of halogens is 1. The zero-order valence-corrected chi connectivity index (χ0v) is 12.9. The number of fused-ring (bicyclic) bond motifs is 1. The van der Waals surface area contributed by atoms with Crippen molar-refractivity contribution >= 4 is 44.9 Å². The molecular weight excluding hydrogens is 310 g/mol. The summed E-state index contributed by atoms with van der Waals surface area (Å²) in [5.74, 6) is -1.56. The van der Waals surface area contributed by atoms with Crippen LogP contribution in [0, 0.1) is 11.8 Å². The number of likely N-dealkylation sites (tertiary alicyclic amines) is 1. The minimum Gasteiger partial charge on any atom is -0.481 e. The van der Waals surface area contributed by atoms with Crippen molar-refractivity contribution < 1.29 is 14.7 Å². The van der Waals surface area contributed by atoms with Gasteiger partial charge in [-0.1, -0.05) is 36.7 Å². The number of rotatable bonds is 2. The quantitative estimate of drug-likeness (QED) is 0.922. The summed E-state index contributed by atoms with van der Waals surface area (Å²) in [6, 6.07) is 7.60. The summed E-state index contributed by atoms with van der Waals surface area (Å²) in [6.07, 6.45) is 0. The monoisotopic (exact) mass is 323 g/mol. The van der Waals surface area contributed by atoms with Crippen molar-refractivity contribution in [3.8, 4) is 0 Å². The molecule has 1 N–H and O–H groups in total. The van der Waals surface area contributed by atoms with Crippen LogP contribution in [0.25, 0.3) is 10.1 Å². The molecule has 6 heteroatoms. The first-order valence-electron chi connectivity index (χ1n) is 6.68. The number of hydrogen-bond acceptors (Lipinski definition) is 3. The highest BCUT2D eigenvalue weighted by Gasteiger charge is 2.38. The Morgan fingerprint density at radius 2 is 2.05 bits per heavy atom. The highest BCUT2D eigenvalue weighted by Crippen LogP contribution is 2.37. The van der Waals surface area contributed by atoms with E-state index in [-0.39, 0.29) is 18.4 Å². The van der Waals surface area contributed by atoms with Crippen LogP contribution in [0.2, 0.25) is 5.02 Å². The van der Waals surface area contributed by atoms with Crippen molar-refractivity contribution in [3.05, 3.63) is 34.2 Å². The number of carbonyl (C=O) groups is 2. The third-order valence-electron chi connectivity index (χ3n) is 3.95. The highest BCUT2D eigenvalue weighted by molar-refractivity contribution is 7.21. The smallest absolute Gasteiger partial charge is 0.308 e. The maximum absolute atomic E-state index is 12.6. The Labute approximate surface area is 130 Å². The molecule has 4 nitrogen and oxygen atoms in total. The van der Waals surface area contributed by atoms with Crippen LogP contribution in [-0.4, -0.2) is 35.0 Å². The molecule has 0 spiro atoms. The first-order chi connectivity index (χ1) is 9.99. The third kappa shape index (κ3) is 2.40. The minimum atomic E-state index is -0.847. The Morgan fingerprint density at radius 3 is 2.67 bits per heavy atom. The average molecular weight is 324 g/mol. The molecule has 1 fully saturated rings. The van der Waals surface area contributed by atoms with Gasteiger partial charge in [0.2, 0.25) is 0 Å². The molecule has 0 radical (unpaired) electrons. The largest absolute Gasteiger partial charge is 0.481 e. The fourth-order valence-electron chi connectivity index (χ4n) is 2.75. The van der Waals surface area contributed by atoms with Crippen LogP contribution < -0.4 is 0 Å². The van der Waals surface area contributed by atoms with E-state index in [4.69, 9.17) is 16.7 Å². The van der Waals surface area contributed by atoms with Gasteiger partial charge in [0.15, 0.2) is 0 Å². The summed E-state index contributed by atoms with van der Waals surface area (Å²) in [6.45, 7) is 2.57. The molecule has 2 unspecified atom stereocenters. The lowest BCUT2D eigenvalue weighted by Gasteiger charge is -2.14. The van der Waals surface area contributed by atoms with Crippen molar-refractivity contribution in [2.75, 3.05) is 13.1 Å². The molecule has 1 aromatic heterocycles. The van der Waals surface area contributed by atoms with Gasteiger partial charge in [0, 0.05) is 23.2 Å².